The number of esters is 1. The van der Waals surface area contributed by atoms with Crippen LogP contribution < -0.4 is 0 Å². The van der Waals surface area contributed by atoms with Gasteiger partial charge in [0.05, 0.1) is 17.9 Å². The molecule has 0 heterocycles. The molecule has 31 heavy (non-hydrogen) atoms. The molecule has 0 aliphatic heterocycles. The maximum absolute atomic E-state index is 12.7. The van der Waals surface area contributed by atoms with Crippen LogP contribution in [0, 0.1) is 17.8 Å². The van der Waals surface area contributed by atoms with Gasteiger partial charge in [-0.2, -0.15) is 4.31 Å². The number of hydrogen-bond donors (Lipinski definition) is 0. The first-order valence-electron chi connectivity index (χ1n) is 10.3. The third-order valence-electron chi connectivity index (χ3n) is 5.20. The molecule has 2 aromatic rings. The average molecular weight is 442 g/mol. The summed E-state index contributed by atoms with van der Waals surface area (Å²) in [5.74, 6) is 5.50. The molecule has 0 bridgehead atoms. The van der Waals surface area contributed by atoms with Gasteiger partial charge in [-0.05, 0) is 63.4 Å². The summed E-state index contributed by atoms with van der Waals surface area (Å²) in [5.41, 5.74) is 1.35. The van der Waals surface area contributed by atoms with Crippen molar-refractivity contribution in [1.82, 2.24) is 4.31 Å². The third kappa shape index (κ3) is 6.95. The molecule has 1 atom stereocenters. The van der Waals surface area contributed by atoms with Crippen LogP contribution in [0.1, 0.15) is 44.7 Å². The van der Waals surface area contributed by atoms with Crippen LogP contribution in [0.5, 0.6) is 0 Å². The highest BCUT2D eigenvalue weighted by Crippen LogP contribution is 2.22. The highest BCUT2D eigenvalue weighted by Gasteiger charge is 2.30. The van der Waals surface area contributed by atoms with Gasteiger partial charge in [0.1, 0.15) is 0 Å². The Morgan fingerprint density at radius 3 is 2.23 bits per heavy atom. The molecule has 6 heteroatoms. The van der Waals surface area contributed by atoms with Gasteiger partial charge in [-0.3, -0.25) is 4.79 Å². The lowest BCUT2D eigenvalue weighted by Gasteiger charge is -2.30. The van der Waals surface area contributed by atoms with E-state index in [-0.39, 0.29) is 16.8 Å². The van der Waals surface area contributed by atoms with Gasteiger partial charge in [-0.25, -0.2) is 8.42 Å². The monoisotopic (exact) mass is 441 g/mol. The molecule has 1 unspecified atom stereocenters. The first-order valence-corrected chi connectivity index (χ1v) is 11.7. The number of methoxy groups -OCH3 is 1. The van der Waals surface area contributed by atoms with Crippen molar-refractivity contribution in [2.75, 3.05) is 14.2 Å². The van der Waals surface area contributed by atoms with E-state index >= 15 is 0 Å². The van der Waals surface area contributed by atoms with E-state index in [1.165, 1.54) is 17.0 Å². The van der Waals surface area contributed by atoms with Crippen molar-refractivity contribution >= 4 is 16.0 Å². The fourth-order valence-electron chi connectivity index (χ4n) is 2.96. The molecule has 0 radical (unpaired) electrons. The Kier molecular flexibility index (Phi) is 8.43. The van der Waals surface area contributed by atoms with E-state index in [1.54, 1.807) is 31.3 Å². The van der Waals surface area contributed by atoms with Crippen molar-refractivity contribution in [2.24, 2.45) is 5.92 Å². The van der Waals surface area contributed by atoms with Gasteiger partial charge in [0, 0.05) is 24.6 Å². The second-order valence-corrected chi connectivity index (χ2v) is 10.4. The summed E-state index contributed by atoms with van der Waals surface area (Å²) >= 11 is 0. The highest BCUT2D eigenvalue weighted by atomic mass is 32.2. The number of ether oxygens (including phenoxy) is 1. The lowest BCUT2D eigenvalue weighted by atomic mass is 9.96. The third-order valence-corrected chi connectivity index (χ3v) is 7.33. The Bertz CT molecular complexity index is 1030. The molecule has 0 N–H and O–H groups in total. The van der Waals surface area contributed by atoms with Gasteiger partial charge in [-0.15, -0.1) is 0 Å². The highest BCUT2D eigenvalue weighted by molar-refractivity contribution is 7.89. The minimum Gasteiger partial charge on any atom is -0.469 e. The average Bonchev–Trinajstić information content (AvgIpc) is 2.75. The number of benzene rings is 2. The first kappa shape index (κ1) is 24.6. The molecule has 2 rings (SSSR count). The predicted octanol–water partition coefficient (Wildman–Crippen LogP) is 4.27. The first-order chi connectivity index (χ1) is 14.6. The van der Waals surface area contributed by atoms with Crippen LogP contribution in [-0.2, 0) is 26.0 Å². The summed E-state index contributed by atoms with van der Waals surface area (Å²) in [7, 11) is -0.609. The number of rotatable bonds is 7. The summed E-state index contributed by atoms with van der Waals surface area (Å²) in [6.45, 7) is 5.54. The topological polar surface area (TPSA) is 63.7 Å². The van der Waals surface area contributed by atoms with Crippen molar-refractivity contribution < 1.29 is 17.9 Å². The fraction of sp³-hybridized carbons (Fsp3) is 0.400. The number of sulfonamides is 1. The molecule has 5 nitrogen and oxygen atoms in total. The van der Waals surface area contributed by atoms with Crippen molar-refractivity contribution in [3.8, 4) is 11.8 Å². The normalized spacial score (nSPS) is 12.7. The Morgan fingerprint density at radius 1 is 1.06 bits per heavy atom. The number of aryl methyl sites for hydroxylation is 1. The van der Waals surface area contributed by atoms with Crippen molar-refractivity contribution in [1.29, 1.82) is 0 Å². The summed E-state index contributed by atoms with van der Waals surface area (Å²) < 4.78 is 31.7. The quantitative estimate of drug-likeness (QED) is 0.476. The lowest BCUT2D eigenvalue weighted by molar-refractivity contribution is -0.145. The SMILES string of the molecule is COC(=O)C(CC#Cc1ccc(S(=O)(=O)N(C)C(C)(C)C)cc1)CCc1ccccc1. The zero-order valence-electron chi connectivity index (χ0n) is 18.9. The number of carbonyl (C=O) groups is 1. The molecule has 2 aromatic carbocycles. The summed E-state index contributed by atoms with van der Waals surface area (Å²) in [6, 6.07) is 16.5. The summed E-state index contributed by atoms with van der Waals surface area (Å²) in [5, 5.41) is 0. The van der Waals surface area contributed by atoms with E-state index in [0.29, 0.717) is 18.4 Å². The predicted molar refractivity (Wildman–Crippen MR) is 123 cm³/mol. The fourth-order valence-corrected chi connectivity index (χ4v) is 4.48. The van der Waals surface area contributed by atoms with Crippen molar-refractivity contribution in [3.63, 3.8) is 0 Å². The van der Waals surface area contributed by atoms with Crippen molar-refractivity contribution in [3.05, 3.63) is 65.7 Å². The lowest BCUT2D eigenvalue weighted by Crippen LogP contribution is -2.42. The van der Waals surface area contributed by atoms with Crippen LogP contribution in [0.4, 0.5) is 0 Å². The molecule has 0 spiro atoms. The number of nitrogens with zero attached hydrogens (tertiary/aromatic N) is 1. The minimum absolute atomic E-state index is 0.228. The van der Waals surface area contributed by atoms with Crippen LogP contribution in [0.2, 0.25) is 0 Å². The van der Waals surface area contributed by atoms with E-state index in [0.717, 1.165) is 6.42 Å². The molecule has 166 valence electrons. The molecular formula is C25H31NO4S. The van der Waals surface area contributed by atoms with Gasteiger partial charge in [0.25, 0.3) is 0 Å². The zero-order chi connectivity index (χ0) is 23.1. The van der Waals surface area contributed by atoms with E-state index in [4.69, 9.17) is 4.74 Å². The Hall–Kier alpha value is -2.62. The van der Waals surface area contributed by atoms with Gasteiger partial charge in [0.2, 0.25) is 10.0 Å². The Morgan fingerprint density at radius 2 is 1.68 bits per heavy atom. The van der Waals surface area contributed by atoms with Crippen molar-refractivity contribution in [2.45, 2.75) is 50.5 Å². The van der Waals surface area contributed by atoms with E-state index in [2.05, 4.69) is 11.8 Å². The van der Waals surface area contributed by atoms with Crippen LogP contribution in [0.15, 0.2) is 59.5 Å². The van der Waals surface area contributed by atoms with Crippen LogP contribution >= 0.6 is 0 Å². The second kappa shape index (κ2) is 10.6. The second-order valence-electron chi connectivity index (χ2n) is 8.42. The van der Waals surface area contributed by atoms with E-state index < -0.39 is 15.6 Å². The maximum atomic E-state index is 12.7. The summed E-state index contributed by atoms with van der Waals surface area (Å²) in [4.78, 5) is 12.3. The van der Waals surface area contributed by atoms with E-state index in [9.17, 15) is 13.2 Å². The number of hydrogen-bond acceptors (Lipinski definition) is 4. The van der Waals surface area contributed by atoms with Crippen LogP contribution in [0.3, 0.4) is 0 Å². The molecule has 0 saturated carbocycles. The molecule has 0 amide bonds. The zero-order valence-corrected chi connectivity index (χ0v) is 19.7. The molecule has 0 aliphatic rings. The largest absolute Gasteiger partial charge is 0.469 e. The minimum atomic E-state index is -3.57. The molecular weight excluding hydrogens is 410 g/mol. The Labute approximate surface area is 186 Å². The molecule has 0 saturated heterocycles. The molecule has 0 aliphatic carbocycles. The Balaban J connectivity index is 2.07. The van der Waals surface area contributed by atoms with Gasteiger partial charge >= 0.3 is 5.97 Å². The standard InChI is InChI=1S/C25H31NO4S/c1-25(2,3)26(4)31(28,29)23-18-15-21(16-19-23)12-9-13-22(24(27)30-5)17-14-20-10-7-6-8-11-20/h6-8,10-11,15-16,18-19,22H,13-14,17H2,1-5H3. The van der Waals surface area contributed by atoms with E-state index in [1.807, 2.05) is 51.1 Å². The molecule has 0 fully saturated rings. The summed E-state index contributed by atoms with van der Waals surface area (Å²) in [6.07, 6.45) is 1.81. The maximum Gasteiger partial charge on any atom is 0.309 e. The molecule has 0 aromatic heterocycles. The smallest absolute Gasteiger partial charge is 0.309 e. The van der Waals surface area contributed by atoms with Crippen LogP contribution in [0.25, 0.3) is 0 Å². The van der Waals surface area contributed by atoms with Gasteiger partial charge in [0.15, 0.2) is 0 Å². The number of carbonyl (C=O) groups excluding carboxylic acids is 1. The van der Waals surface area contributed by atoms with Gasteiger partial charge < -0.3 is 4.74 Å². The van der Waals surface area contributed by atoms with Crippen LogP contribution in [-0.4, -0.2) is 38.4 Å². The van der Waals surface area contributed by atoms with Gasteiger partial charge in [-0.1, -0.05) is 42.2 Å².